The largest absolute Gasteiger partial charge is 0.450 e. The first-order valence-electron chi connectivity index (χ1n) is 2.34. The first-order valence-corrected chi connectivity index (χ1v) is 2.34. The summed E-state index contributed by atoms with van der Waals surface area (Å²) in [5.74, 6) is 0. The lowest BCUT2D eigenvalue weighted by molar-refractivity contribution is -0.00469. The zero-order valence-electron chi connectivity index (χ0n) is 4.22. The van der Waals surface area contributed by atoms with E-state index in [9.17, 15) is 9.90 Å². The molecule has 0 spiro atoms. The van der Waals surface area contributed by atoms with Crippen LogP contribution in [0.25, 0.3) is 0 Å². The van der Waals surface area contributed by atoms with Gasteiger partial charge in [0, 0.05) is 0 Å². The van der Waals surface area contributed by atoms with Crippen LogP contribution in [0.3, 0.4) is 0 Å². The molecule has 4 heteroatoms. The molecule has 4 nitrogen and oxygen atoms in total. The summed E-state index contributed by atoms with van der Waals surface area (Å²) in [7, 11) is 0. The molecule has 1 fully saturated rings. The molecule has 45 valence electrons. The van der Waals surface area contributed by atoms with Gasteiger partial charge < -0.3 is 10.1 Å². The second-order valence-corrected chi connectivity index (χ2v) is 1.67. The normalized spacial score (nSPS) is 19.5. The van der Waals surface area contributed by atoms with Gasteiger partial charge in [0.1, 0.15) is 0 Å². The Bertz CT molecular complexity index is 99.5. The minimum absolute atomic E-state index is 0.0278. The van der Waals surface area contributed by atoms with Gasteiger partial charge in [-0.2, -0.15) is 0 Å². The molecule has 0 aromatic rings. The van der Waals surface area contributed by atoms with Crippen molar-refractivity contribution in [1.82, 2.24) is 5.32 Å². The van der Waals surface area contributed by atoms with Crippen LogP contribution in [0.2, 0.25) is 0 Å². The number of carbonyl (C=O) groups excluding carboxylic acids is 1. The number of ether oxygens (including phenoxy) is 1. The number of amides is 1. The van der Waals surface area contributed by atoms with Gasteiger partial charge in [-0.05, 0) is 0 Å². The summed E-state index contributed by atoms with van der Waals surface area (Å²) in [6.07, 6.45) is -1.22. The highest BCUT2D eigenvalue weighted by Crippen LogP contribution is 1.98. The van der Waals surface area contributed by atoms with Gasteiger partial charge in [0.05, 0.1) is 19.3 Å². The molecule has 0 aliphatic carbocycles. The van der Waals surface area contributed by atoms with Gasteiger partial charge in [0.15, 0.2) is 0 Å². The third-order valence-electron chi connectivity index (χ3n) is 0.960. The molecule has 1 saturated heterocycles. The van der Waals surface area contributed by atoms with Crippen LogP contribution in [-0.4, -0.2) is 25.3 Å². The molecule has 1 rings (SSSR count). The quantitative estimate of drug-likeness (QED) is 0.503. The summed E-state index contributed by atoms with van der Waals surface area (Å²) in [5.41, 5.74) is 0. The molecule has 1 radical (unpaired) electrons. The minimum Gasteiger partial charge on any atom is -0.377 e. The minimum atomic E-state index is -1.22. The highest BCUT2D eigenvalue weighted by Gasteiger charge is 2.19. The summed E-state index contributed by atoms with van der Waals surface area (Å²) in [4.78, 5) is 9.72. The van der Waals surface area contributed by atoms with E-state index in [1.165, 1.54) is 0 Å². The van der Waals surface area contributed by atoms with E-state index in [0.717, 1.165) is 0 Å². The van der Waals surface area contributed by atoms with E-state index in [0.29, 0.717) is 13.2 Å². The number of hydrogen-bond donors (Lipinski definition) is 1. The number of carbonyl (C=O) groups is 1. The van der Waals surface area contributed by atoms with Crippen molar-refractivity contribution in [2.24, 2.45) is 0 Å². The van der Waals surface area contributed by atoms with E-state index in [1.54, 1.807) is 0 Å². The van der Waals surface area contributed by atoms with Crippen LogP contribution < -0.4 is 5.32 Å². The summed E-state index contributed by atoms with van der Waals surface area (Å²) in [6.45, 7) is 0.960. The van der Waals surface area contributed by atoms with Crippen LogP contribution >= 0.6 is 0 Å². The third kappa shape index (κ3) is 1.10. The predicted octanol–water partition coefficient (Wildman–Crippen LogP) is -0.475. The van der Waals surface area contributed by atoms with Crippen molar-refractivity contribution in [2.75, 3.05) is 13.2 Å². The number of hydrogen-bond acceptors (Lipinski definition) is 2. The van der Waals surface area contributed by atoms with Crippen molar-refractivity contribution in [2.45, 2.75) is 6.04 Å². The Labute approximate surface area is 46.4 Å². The van der Waals surface area contributed by atoms with Gasteiger partial charge in [-0.25, -0.2) is 9.90 Å². The van der Waals surface area contributed by atoms with Crippen molar-refractivity contribution in [3.05, 3.63) is 0 Å². The van der Waals surface area contributed by atoms with Gasteiger partial charge in [0.25, 0.3) is 0 Å². The fraction of sp³-hybridized carbons (Fsp3) is 0.750. The number of nitrogens with one attached hydrogen (secondary N) is 1. The molecule has 0 bridgehead atoms. The molecule has 0 saturated carbocycles. The molecule has 0 aromatic heterocycles. The highest BCUT2D eigenvalue weighted by molar-refractivity contribution is 5.64. The molecule has 0 atom stereocenters. The van der Waals surface area contributed by atoms with Gasteiger partial charge in [0.2, 0.25) is 0 Å². The molecule has 1 aliphatic heterocycles. The summed E-state index contributed by atoms with van der Waals surface area (Å²) >= 11 is 0. The molecule has 0 aromatic carbocycles. The SMILES string of the molecule is [O]C(=O)NC1COC1. The Kier molecular flexibility index (Phi) is 1.34. The van der Waals surface area contributed by atoms with Gasteiger partial charge >= 0.3 is 6.09 Å². The van der Waals surface area contributed by atoms with Crippen LogP contribution in [0.4, 0.5) is 4.79 Å². The Hall–Kier alpha value is -0.770. The van der Waals surface area contributed by atoms with Crippen LogP contribution in [-0.2, 0) is 9.84 Å². The first-order chi connectivity index (χ1) is 3.79. The van der Waals surface area contributed by atoms with E-state index in [1.807, 2.05) is 0 Å². The van der Waals surface area contributed by atoms with E-state index < -0.39 is 6.09 Å². The Morgan fingerprint density at radius 3 is 2.38 bits per heavy atom. The van der Waals surface area contributed by atoms with Crippen molar-refractivity contribution in [1.29, 1.82) is 0 Å². The molecule has 0 unspecified atom stereocenters. The maximum Gasteiger partial charge on any atom is 0.450 e. The average molecular weight is 116 g/mol. The molecule has 1 heterocycles. The molecule has 1 aliphatic rings. The monoisotopic (exact) mass is 116 g/mol. The summed E-state index contributed by atoms with van der Waals surface area (Å²) < 4.78 is 4.68. The molecule has 1 N–H and O–H groups in total. The average Bonchev–Trinajstić information content (AvgIpc) is 1.55. The lowest BCUT2D eigenvalue weighted by Crippen LogP contribution is -2.47. The predicted molar refractivity (Wildman–Crippen MR) is 23.8 cm³/mol. The topological polar surface area (TPSA) is 58.2 Å². The Balaban J connectivity index is 2.09. The van der Waals surface area contributed by atoms with Gasteiger partial charge in [-0.3, -0.25) is 0 Å². The van der Waals surface area contributed by atoms with Crippen LogP contribution in [0.5, 0.6) is 0 Å². The van der Waals surface area contributed by atoms with E-state index in [2.05, 4.69) is 10.1 Å². The molecular formula is C4H6NO3. The Morgan fingerprint density at radius 2 is 2.25 bits per heavy atom. The van der Waals surface area contributed by atoms with Crippen LogP contribution in [0.1, 0.15) is 0 Å². The molecule has 1 amide bonds. The van der Waals surface area contributed by atoms with E-state index in [4.69, 9.17) is 0 Å². The van der Waals surface area contributed by atoms with Crippen molar-refractivity contribution < 1.29 is 14.6 Å². The maximum absolute atomic E-state index is 9.72. The van der Waals surface area contributed by atoms with Gasteiger partial charge in [-0.15, -0.1) is 0 Å². The standard InChI is InChI=1S/C4H6NO3/c6-4(7)5-3-1-8-2-3/h3,5H,1-2H2. The second kappa shape index (κ2) is 2.00. The zero-order chi connectivity index (χ0) is 5.98. The fourth-order valence-corrected chi connectivity index (χ4v) is 0.486. The lowest BCUT2D eigenvalue weighted by atomic mass is 10.3. The van der Waals surface area contributed by atoms with Crippen molar-refractivity contribution >= 4 is 6.09 Å². The summed E-state index contributed by atoms with van der Waals surface area (Å²) in [6, 6.07) is -0.0278. The van der Waals surface area contributed by atoms with Gasteiger partial charge in [-0.1, -0.05) is 0 Å². The fourth-order valence-electron chi connectivity index (χ4n) is 0.486. The highest BCUT2D eigenvalue weighted by atomic mass is 16.5. The first kappa shape index (κ1) is 5.37. The maximum atomic E-state index is 9.72. The lowest BCUT2D eigenvalue weighted by Gasteiger charge is -2.24. The molecular weight excluding hydrogens is 110 g/mol. The number of rotatable bonds is 1. The van der Waals surface area contributed by atoms with E-state index >= 15 is 0 Å². The van der Waals surface area contributed by atoms with E-state index in [-0.39, 0.29) is 6.04 Å². The molecule has 8 heavy (non-hydrogen) atoms. The smallest absolute Gasteiger partial charge is 0.377 e. The van der Waals surface area contributed by atoms with Crippen molar-refractivity contribution in [3.63, 3.8) is 0 Å². The summed E-state index contributed by atoms with van der Waals surface area (Å²) in [5, 5.41) is 11.9. The Morgan fingerprint density at radius 1 is 1.62 bits per heavy atom. The third-order valence-corrected chi connectivity index (χ3v) is 0.960. The van der Waals surface area contributed by atoms with Crippen LogP contribution in [0.15, 0.2) is 0 Å². The van der Waals surface area contributed by atoms with Crippen LogP contribution in [0, 0.1) is 0 Å². The second-order valence-electron chi connectivity index (χ2n) is 1.67. The van der Waals surface area contributed by atoms with Crippen molar-refractivity contribution in [3.8, 4) is 0 Å². The zero-order valence-corrected chi connectivity index (χ0v) is 4.22.